The fourth-order valence-electron chi connectivity index (χ4n) is 1.60. The Hall–Kier alpha value is -1.35. The molecule has 16 heavy (non-hydrogen) atoms. The van der Waals surface area contributed by atoms with Crippen molar-refractivity contribution in [2.24, 2.45) is 0 Å². The molecule has 88 valence electrons. The normalized spacial score (nSPS) is 15.5. The molecular formula is C13H19NO2. The van der Waals surface area contributed by atoms with Crippen LogP contribution in [-0.2, 0) is 0 Å². The molecule has 1 N–H and O–H groups in total. The number of hydrogen-bond acceptors (Lipinski definition) is 3. The molecule has 0 amide bonds. The fraction of sp³-hybridized carbons (Fsp3) is 0.462. The standard InChI is InChI=1S/C13H19NO2/c1-5-10-8-12(16-11(10)6-2)13(15)9(4)14-7-3/h5-6,8-9,14H,7H2,1-4H3/b10-5-,11-6+. The van der Waals surface area contributed by atoms with E-state index in [1.165, 1.54) is 0 Å². The topological polar surface area (TPSA) is 42.2 Å². The third kappa shape index (κ3) is 2.61. The summed E-state index contributed by atoms with van der Waals surface area (Å²) in [6.07, 6.45) is 3.80. The minimum Gasteiger partial charge on any atom is -0.453 e. The van der Waals surface area contributed by atoms with Crippen molar-refractivity contribution < 1.29 is 9.21 Å². The van der Waals surface area contributed by atoms with Crippen LogP contribution in [0.2, 0.25) is 0 Å². The van der Waals surface area contributed by atoms with E-state index in [1.807, 2.05) is 39.8 Å². The van der Waals surface area contributed by atoms with Gasteiger partial charge in [-0.05, 0) is 39.5 Å². The number of hydrogen-bond donors (Lipinski definition) is 1. The lowest BCUT2D eigenvalue weighted by Crippen LogP contribution is -2.33. The smallest absolute Gasteiger partial charge is 0.214 e. The van der Waals surface area contributed by atoms with Crippen LogP contribution in [0.4, 0.5) is 0 Å². The first kappa shape index (κ1) is 12.7. The molecule has 0 bridgehead atoms. The summed E-state index contributed by atoms with van der Waals surface area (Å²) >= 11 is 0. The predicted molar refractivity (Wildman–Crippen MR) is 65.7 cm³/mol. The highest BCUT2D eigenvalue weighted by Crippen LogP contribution is 1.99. The van der Waals surface area contributed by atoms with Gasteiger partial charge in [0.05, 0.1) is 6.04 Å². The molecular weight excluding hydrogens is 202 g/mol. The molecule has 1 unspecified atom stereocenters. The molecule has 0 aliphatic carbocycles. The van der Waals surface area contributed by atoms with Crippen LogP contribution in [0.25, 0.3) is 12.2 Å². The molecule has 0 aliphatic heterocycles. The molecule has 1 heterocycles. The Labute approximate surface area is 95.8 Å². The molecule has 0 fully saturated rings. The lowest BCUT2D eigenvalue weighted by molar-refractivity contribution is 0.0923. The van der Waals surface area contributed by atoms with Crippen LogP contribution in [0.5, 0.6) is 0 Å². The fourth-order valence-corrected chi connectivity index (χ4v) is 1.60. The zero-order valence-corrected chi connectivity index (χ0v) is 10.3. The number of ketones is 1. The van der Waals surface area contributed by atoms with Gasteiger partial charge in [-0.2, -0.15) is 0 Å². The lowest BCUT2D eigenvalue weighted by Gasteiger charge is -2.08. The summed E-state index contributed by atoms with van der Waals surface area (Å²) in [6, 6.07) is 1.59. The Morgan fingerprint density at radius 1 is 1.50 bits per heavy atom. The van der Waals surface area contributed by atoms with Crippen LogP contribution in [-0.4, -0.2) is 18.4 Å². The van der Waals surface area contributed by atoms with Gasteiger partial charge < -0.3 is 9.73 Å². The van der Waals surface area contributed by atoms with Gasteiger partial charge in [-0.25, -0.2) is 0 Å². The Bertz CT molecular complexity index is 439. The van der Waals surface area contributed by atoms with Crippen molar-refractivity contribution >= 4 is 17.9 Å². The molecule has 0 saturated carbocycles. The predicted octanol–water partition coefficient (Wildman–Crippen LogP) is 1.06. The summed E-state index contributed by atoms with van der Waals surface area (Å²) in [5, 5.41) is 4.05. The number of nitrogens with one attached hydrogen (secondary N) is 1. The van der Waals surface area contributed by atoms with Gasteiger partial charge in [0.25, 0.3) is 0 Å². The maximum Gasteiger partial charge on any atom is 0.214 e. The maximum atomic E-state index is 11.9. The van der Waals surface area contributed by atoms with E-state index in [9.17, 15) is 4.79 Å². The zero-order valence-electron chi connectivity index (χ0n) is 10.3. The van der Waals surface area contributed by atoms with Gasteiger partial charge in [-0.3, -0.25) is 4.79 Å². The van der Waals surface area contributed by atoms with Crippen LogP contribution >= 0.6 is 0 Å². The molecule has 1 aromatic heterocycles. The van der Waals surface area contributed by atoms with Gasteiger partial charge in [0.15, 0.2) is 5.76 Å². The average Bonchev–Trinajstić information content (AvgIpc) is 2.71. The summed E-state index contributed by atoms with van der Waals surface area (Å²) in [7, 11) is 0. The molecule has 3 heteroatoms. The SMILES string of the molecule is C/C=c1/cc(C(=O)C(C)NCC)o/c1=C/C. The van der Waals surface area contributed by atoms with Crippen LogP contribution < -0.4 is 16.0 Å². The number of carbonyl (C=O) groups is 1. The molecule has 1 atom stereocenters. The molecule has 0 aromatic carbocycles. The molecule has 0 radical (unpaired) electrons. The molecule has 0 aliphatic rings. The monoisotopic (exact) mass is 221 g/mol. The summed E-state index contributed by atoms with van der Waals surface area (Å²) in [4.78, 5) is 11.9. The molecule has 3 nitrogen and oxygen atoms in total. The third-order valence-corrected chi connectivity index (χ3v) is 2.51. The van der Waals surface area contributed by atoms with E-state index in [-0.39, 0.29) is 11.8 Å². The van der Waals surface area contributed by atoms with E-state index in [0.29, 0.717) is 5.76 Å². The summed E-state index contributed by atoms with van der Waals surface area (Å²) in [5.41, 5.74) is 0.759. The van der Waals surface area contributed by atoms with Gasteiger partial charge in [-0.1, -0.05) is 13.0 Å². The molecule has 1 aromatic rings. The first-order chi connectivity index (χ1) is 7.63. The Kier molecular flexibility index (Phi) is 4.50. The van der Waals surface area contributed by atoms with Crippen LogP contribution in [0.15, 0.2) is 10.5 Å². The van der Waals surface area contributed by atoms with Crippen molar-refractivity contribution in [3.8, 4) is 0 Å². The Morgan fingerprint density at radius 3 is 2.62 bits per heavy atom. The second-order valence-corrected chi connectivity index (χ2v) is 3.65. The highest BCUT2D eigenvalue weighted by Gasteiger charge is 2.17. The maximum absolute atomic E-state index is 11.9. The minimum absolute atomic E-state index is 0.00181. The van der Waals surface area contributed by atoms with Crippen molar-refractivity contribution in [2.75, 3.05) is 6.54 Å². The molecule has 0 spiro atoms. The lowest BCUT2D eigenvalue weighted by atomic mass is 10.1. The summed E-state index contributed by atoms with van der Waals surface area (Å²) in [6.45, 7) is 8.42. The van der Waals surface area contributed by atoms with E-state index >= 15 is 0 Å². The number of carbonyl (C=O) groups excluding carboxylic acids is 1. The van der Waals surface area contributed by atoms with Crippen LogP contribution in [0.3, 0.4) is 0 Å². The quantitative estimate of drug-likeness (QED) is 0.773. The molecule has 1 rings (SSSR count). The third-order valence-electron chi connectivity index (χ3n) is 2.51. The van der Waals surface area contributed by atoms with E-state index in [0.717, 1.165) is 17.2 Å². The van der Waals surface area contributed by atoms with E-state index in [4.69, 9.17) is 4.42 Å². The van der Waals surface area contributed by atoms with Gasteiger partial charge in [-0.15, -0.1) is 0 Å². The first-order valence-electron chi connectivity index (χ1n) is 5.64. The first-order valence-corrected chi connectivity index (χ1v) is 5.64. The largest absolute Gasteiger partial charge is 0.453 e. The Morgan fingerprint density at radius 2 is 2.19 bits per heavy atom. The van der Waals surface area contributed by atoms with Crippen molar-refractivity contribution in [1.82, 2.24) is 5.32 Å². The highest BCUT2D eigenvalue weighted by atomic mass is 16.3. The zero-order chi connectivity index (χ0) is 12.1. The van der Waals surface area contributed by atoms with Gasteiger partial charge in [0, 0.05) is 5.22 Å². The number of Topliss-reactive ketones (excluding diaryl/α,β-unsaturated/α-hetero) is 1. The van der Waals surface area contributed by atoms with Gasteiger partial charge in [0.2, 0.25) is 5.78 Å². The van der Waals surface area contributed by atoms with Crippen molar-refractivity contribution in [3.05, 3.63) is 22.5 Å². The highest BCUT2D eigenvalue weighted by molar-refractivity contribution is 5.97. The average molecular weight is 221 g/mol. The number of likely N-dealkylation sites (N-methyl/N-ethyl adjacent to an activating group) is 1. The van der Waals surface area contributed by atoms with Crippen molar-refractivity contribution in [3.63, 3.8) is 0 Å². The van der Waals surface area contributed by atoms with Crippen molar-refractivity contribution in [2.45, 2.75) is 33.7 Å². The minimum atomic E-state index is -0.203. The number of rotatable bonds is 4. The second-order valence-electron chi connectivity index (χ2n) is 3.65. The van der Waals surface area contributed by atoms with E-state index in [1.54, 1.807) is 6.07 Å². The van der Waals surface area contributed by atoms with E-state index < -0.39 is 0 Å². The molecule has 0 saturated heterocycles. The van der Waals surface area contributed by atoms with Gasteiger partial charge in [0.1, 0.15) is 5.42 Å². The van der Waals surface area contributed by atoms with Crippen molar-refractivity contribution in [1.29, 1.82) is 0 Å². The van der Waals surface area contributed by atoms with E-state index in [2.05, 4.69) is 5.32 Å². The summed E-state index contributed by atoms with van der Waals surface area (Å²) < 4.78 is 5.51. The van der Waals surface area contributed by atoms with Crippen LogP contribution in [0, 0.1) is 0 Å². The Balaban J connectivity index is 3.07. The number of furan rings is 1. The second kappa shape index (κ2) is 5.66. The van der Waals surface area contributed by atoms with Crippen LogP contribution in [0.1, 0.15) is 38.2 Å². The van der Waals surface area contributed by atoms with Gasteiger partial charge >= 0.3 is 0 Å². The summed E-state index contributed by atoms with van der Waals surface area (Å²) in [5.74, 6) is 0.424.